The fourth-order valence-corrected chi connectivity index (χ4v) is 5.85. The van der Waals surface area contributed by atoms with Gasteiger partial charge in [-0.15, -0.1) is 0 Å². The van der Waals surface area contributed by atoms with Crippen molar-refractivity contribution in [1.29, 1.82) is 0 Å². The summed E-state index contributed by atoms with van der Waals surface area (Å²) in [6.07, 6.45) is -4.53. The van der Waals surface area contributed by atoms with Crippen molar-refractivity contribution in [2.24, 2.45) is 11.3 Å². The Balaban J connectivity index is 1.48. The third-order valence-corrected chi connectivity index (χ3v) is 7.79. The molecule has 4 fully saturated rings. The molecule has 2 bridgehead atoms. The van der Waals surface area contributed by atoms with Crippen LogP contribution >= 0.6 is 0 Å². The topological polar surface area (TPSA) is 166 Å². The molecule has 2 heterocycles. The molecule has 10 nitrogen and oxygen atoms in total. The average Bonchev–Trinajstić information content (AvgIpc) is 3.30. The van der Waals surface area contributed by atoms with Gasteiger partial charge in [0, 0.05) is 5.41 Å². The highest BCUT2D eigenvalue weighted by molar-refractivity contribution is 5.78. The third kappa shape index (κ3) is 3.72. The Bertz CT molecular complexity index is 738. The zero-order valence-electron chi connectivity index (χ0n) is 17.5. The Kier molecular flexibility index (Phi) is 6.21. The first-order chi connectivity index (χ1) is 14.6. The first kappa shape index (κ1) is 23.1. The highest BCUT2D eigenvalue weighted by Crippen LogP contribution is 2.59. The SMILES string of the molecule is CC(COC1OC(CO)C(O)C(O)C1O)=C1CCC23COC(C2)C(O)(C(=O)O)CCC13. The van der Waals surface area contributed by atoms with Crippen molar-refractivity contribution >= 4 is 5.97 Å². The molecule has 2 saturated heterocycles. The third-order valence-electron chi connectivity index (χ3n) is 7.79. The molecule has 2 saturated carbocycles. The van der Waals surface area contributed by atoms with Crippen LogP contribution in [-0.4, -0.2) is 98.8 Å². The van der Waals surface area contributed by atoms with Crippen LogP contribution in [0.4, 0.5) is 0 Å². The van der Waals surface area contributed by atoms with Gasteiger partial charge in [0.25, 0.3) is 0 Å². The van der Waals surface area contributed by atoms with Crippen molar-refractivity contribution < 1.29 is 49.6 Å². The van der Waals surface area contributed by atoms with Crippen molar-refractivity contribution in [2.45, 2.75) is 81.4 Å². The maximum Gasteiger partial charge on any atom is 0.338 e. The molecule has 2 aliphatic carbocycles. The van der Waals surface area contributed by atoms with Crippen LogP contribution in [0.1, 0.15) is 39.0 Å². The van der Waals surface area contributed by atoms with E-state index in [2.05, 4.69) is 0 Å². The summed E-state index contributed by atoms with van der Waals surface area (Å²) in [6, 6.07) is 0. The summed E-state index contributed by atoms with van der Waals surface area (Å²) in [5, 5.41) is 59.6. The Morgan fingerprint density at radius 2 is 1.94 bits per heavy atom. The lowest BCUT2D eigenvalue weighted by Crippen LogP contribution is -2.59. The fraction of sp³-hybridized carbons (Fsp3) is 0.857. The van der Waals surface area contributed by atoms with Gasteiger partial charge in [0.15, 0.2) is 11.9 Å². The molecule has 9 atom stereocenters. The molecule has 0 aromatic carbocycles. The number of aliphatic hydroxyl groups is 5. The van der Waals surface area contributed by atoms with Crippen LogP contribution in [0.3, 0.4) is 0 Å². The van der Waals surface area contributed by atoms with Crippen LogP contribution in [0.25, 0.3) is 0 Å². The molecule has 0 amide bonds. The Hall–Kier alpha value is -1.11. The number of carbonyl (C=O) groups is 1. The van der Waals surface area contributed by atoms with E-state index in [1.807, 2.05) is 6.92 Å². The predicted octanol–water partition coefficient (Wildman–Crippen LogP) is -1.09. The van der Waals surface area contributed by atoms with Gasteiger partial charge in [0.2, 0.25) is 0 Å². The molecular formula is C21H32O10. The van der Waals surface area contributed by atoms with Crippen molar-refractivity contribution in [3.05, 3.63) is 11.1 Å². The zero-order valence-corrected chi connectivity index (χ0v) is 17.5. The minimum absolute atomic E-state index is 0.0734. The van der Waals surface area contributed by atoms with Gasteiger partial charge in [-0.1, -0.05) is 5.57 Å². The fourth-order valence-electron chi connectivity index (χ4n) is 5.85. The largest absolute Gasteiger partial charge is 0.479 e. The van der Waals surface area contributed by atoms with E-state index in [1.54, 1.807) is 0 Å². The number of fused-ring (bicyclic) bond motifs is 1. The molecule has 2 aliphatic heterocycles. The molecule has 4 aliphatic rings. The van der Waals surface area contributed by atoms with Gasteiger partial charge < -0.3 is 44.8 Å². The minimum atomic E-state index is -1.88. The van der Waals surface area contributed by atoms with Crippen LogP contribution in [0.15, 0.2) is 11.1 Å². The van der Waals surface area contributed by atoms with E-state index in [4.69, 9.17) is 14.2 Å². The normalized spacial score (nSPS) is 48.9. The second-order valence-corrected chi connectivity index (χ2v) is 9.50. The molecule has 0 radical (unpaired) electrons. The monoisotopic (exact) mass is 444 g/mol. The van der Waals surface area contributed by atoms with Crippen molar-refractivity contribution in [3.63, 3.8) is 0 Å². The predicted molar refractivity (Wildman–Crippen MR) is 104 cm³/mol. The summed E-state index contributed by atoms with van der Waals surface area (Å²) in [6.45, 7) is 1.91. The number of hydrogen-bond acceptors (Lipinski definition) is 9. The molecule has 4 rings (SSSR count). The summed E-state index contributed by atoms with van der Waals surface area (Å²) >= 11 is 0. The first-order valence-electron chi connectivity index (χ1n) is 10.8. The smallest absolute Gasteiger partial charge is 0.338 e. The molecule has 1 spiro atoms. The summed E-state index contributed by atoms with van der Waals surface area (Å²) in [5.74, 6) is -1.17. The van der Waals surface area contributed by atoms with Gasteiger partial charge in [0.1, 0.15) is 24.4 Å². The van der Waals surface area contributed by atoms with Gasteiger partial charge in [0.05, 0.1) is 25.9 Å². The van der Waals surface area contributed by atoms with Crippen LogP contribution in [0.2, 0.25) is 0 Å². The number of hydrogen-bond donors (Lipinski definition) is 6. The van der Waals surface area contributed by atoms with E-state index in [0.29, 0.717) is 19.4 Å². The van der Waals surface area contributed by atoms with E-state index in [-0.39, 0.29) is 24.4 Å². The lowest BCUT2D eigenvalue weighted by molar-refractivity contribution is -0.299. The van der Waals surface area contributed by atoms with Gasteiger partial charge in [-0.05, 0) is 50.5 Å². The highest BCUT2D eigenvalue weighted by atomic mass is 16.7. The van der Waals surface area contributed by atoms with Gasteiger partial charge in [-0.2, -0.15) is 0 Å². The second kappa shape index (κ2) is 8.35. The van der Waals surface area contributed by atoms with Crippen molar-refractivity contribution in [1.82, 2.24) is 0 Å². The van der Waals surface area contributed by atoms with Gasteiger partial charge in [-0.3, -0.25) is 0 Å². The molecule has 6 N–H and O–H groups in total. The number of allylic oxidation sites excluding steroid dienone is 1. The highest BCUT2D eigenvalue weighted by Gasteiger charge is 2.60. The van der Waals surface area contributed by atoms with Crippen LogP contribution in [0, 0.1) is 11.3 Å². The van der Waals surface area contributed by atoms with E-state index in [0.717, 1.165) is 24.0 Å². The van der Waals surface area contributed by atoms with Gasteiger partial charge in [-0.25, -0.2) is 4.79 Å². The molecule has 31 heavy (non-hydrogen) atoms. The lowest BCUT2D eigenvalue weighted by atomic mass is 9.74. The summed E-state index contributed by atoms with van der Waals surface area (Å²) in [5.41, 5.74) is -0.00386. The quantitative estimate of drug-likeness (QED) is 0.287. The Morgan fingerprint density at radius 3 is 2.61 bits per heavy atom. The number of rotatable bonds is 5. The van der Waals surface area contributed by atoms with Gasteiger partial charge >= 0.3 is 5.97 Å². The number of carboxylic acids is 1. The molecule has 176 valence electrons. The number of aliphatic hydroxyl groups excluding tert-OH is 4. The van der Waals surface area contributed by atoms with Crippen molar-refractivity contribution in [2.75, 3.05) is 19.8 Å². The summed E-state index contributed by atoms with van der Waals surface area (Å²) in [4.78, 5) is 11.7. The molecule has 0 aromatic rings. The molecule has 9 unspecified atom stereocenters. The zero-order chi connectivity index (χ0) is 22.6. The van der Waals surface area contributed by atoms with Crippen LogP contribution in [-0.2, 0) is 19.0 Å². The van der Waals surface area contributed by atoms with Crippen LogP contribution < -0.4 is 0 Å². The lowest BCUT2D eigenvalue weighted by Gasteiger charge is -2.39. The maximum absolute atomic E-state index is 11.7. The summed E-state index contributed by atoms with van der Waals surface area (Å²) in [7, 11) is 0. The standard InChI is InChI=1S/C21H32O10/c1-10(8-29-18-17(25)16(24)15(23)13(7-22)31-18)11-2-4-20-6-14(30-9-20)21(28,19(26)27)5-3-12(11)20/h12-18,22-25,28H,2-9H2,1H3,(H,26,27). The van der Waals surface area contributed by atoms with E-state index < -0.39 is 55.0 Å². The van der Waals surface area contributed by atoms with E-state index in [9.17, 15) is 35.4 Å². The Morgan fingerprint density at radius 1 is 1.19 bits per heavy atom. The number of carboxylic acid groups (broad SMARTS) is 1. The number of aliphatic carboxylic acids is 1. The molecule has 0 aromatic heterocycles. The van der Waals surface area contributed by atoms with Crippen molar-refractivity contribution in [3.8, 4) is 0 Å². The first-order valence-corrected chi connectivity index (χ1v) is 10.8. The minimum Gasteiger partial charge on any atom is -0.479 e. The average molecular weight is 444 g/mol. The Labute approximate surface area is 180 Å². The molecule has 10 heteroatoms. The number of ether oxygens (including phenoxy) is 3. The van der Waals surface area contributed by atoms with Crippen LogP contribution in [0.5, 0.6) is 0 Å². The second-order valence-electron chi connectivity index (χ2n) is 9.50. The van der Waals surface area contributed by atoms with E-state index in [1.165, 1.54) is 0 Å². The molecular weight excluding hydrogens is 412 g/mol. The maximum atomic E-state index is 11.7. The summed E-state index contributed by atoms with van der Waals surface area (Å²) < 4.78 is 16.9. The van der Waals surface area contributed by atoms with E-state index >= 15 is 0 Å².